The smallest absolute Gasteiger partial charge is 0.396 e. The molecule has 4 nitrogen and oxygen atoms in total. The van der Waals surface area contributed by atoms with E-state index in [1.807, 2.05) is 0 Å². The monoisotopic (exact) mass is 235 g/mol. The third-order valence-corrected chi connectivity index (χ3v) is 2.63. The zero-order valence-corrected chi connectivity index (χ0v) is 8.50. The van der Waals surface area contributed by atoms with Gasteiger partial charge in [-0.2, -0.15) is 18.3 Å². The van der Waals surface area contributed by atoms with Crippen molar-refractivity contribution in [2.75, 3.05) is 18.9 Å². The first-order valence-electron chi connectivity index (χ1n) is 4.98. The second-order valence-electron chi connectivity index (χ2n) is 3.73. The van der Waals surface area contributed by atoms with E-state index in [4.69, 9.17) is 10.5 Å². The van der Waals surface area contributed by atoms with Crippen LogP contribution >= 0.6 is 0 Å². The molecule has 0 unspecified atom stereocenters. The summed E-state index contributed by atoms with van der Waals surface area (Å²) < 4.78 is 44.3. The van der Waals surface area contributed by atoms with Gasteiger partial charge in [0.1, 0.15) is 0 Å². The van der Waals surface area contributed by atoms with Gasteiger partial charge in [-0.15, -0.1) is 0 Å². The van der Waals surface area contributed by atoms with Gasteiger partial charge in [0.05, 0.1) is 17.9 Å². The fourth-order valence-electron chi connectivity index (χ4n) is 1.88. The molecule has 1 aliphatic heterocycles. The molecule has 0 aromatic carbocycles. The molecule has 90 valence electrons. The zero-order chi connectivity index (χ0) is 11.8. The fraction of sp³-hybridized carbons (Fsp3) is 0.667. The Labute approximate surface area is 90.2 Å². The molecule has 0 saturated carbocycles. The molecular formula is C9H12F3N3O. The Balaban J connectivity index is 2.33. The van der Waals surface area contributed by atoms with E-state index < -0.39 is 11.9 Å². The zero-order valence-electron chi connectivity index (χ0n) is 8.50. The summed E-state index contributed by atoms with van der Waals surface area (Å²) in [7, 11) is 0. The predicted octanol–water partition coefficient (Wildman–Crippen LogP) is 1.84. The molecule has 2 heterocycles. The van der Waals surface area contributed by atoms with E-state index >= 15 is 0 Å². The fourth-order valence-corrected chi connectivity index (χ4v) is 1.88. The van der Waals surface area contributed by atoms with Crippen molar-refractivity contribution >= 4 is 5.69 Å². The summed E-state index contributed by atoms with van der Waals surface area (Å²) in [4.78, 5) is 0. The maximum atomic E-state index is 12.7. The van der Waals surface area contributed by atoms with Crippen LogP contribution in [0.4, 0.5) is 18.9 Å². The van der Waals surface area contributed by atoms with Gasteiger partial charge in [0.2, 0.25) is 0 Å². The first kappa shape index (κ1) is 11.3. The van der Waals surface area contributed by atoms with Gasteiger partial charge in [-0.25, -0.2) is 0 Å². The van der Waals surface area contributed by atoms with Crippen LogP contribution in [0.2, 0.25) is 0 Å². The number of nitrogen functional groups attached to an aromatic ring is 1. The van der Waals surface area contributed by atoms with Crippen LogP contribution < -0.4 is 5.73 Å². The van der Waals surface area contributed by atoms with Gasteiger partial charge < -0.3 is 10.5 Å². The molecule has 2 rings (SSSR count). The molecule has 0 amide bonds. The molecule has 0 atom stereocenters. The molecule has 1 saturated heterocycles. The molecule has 1 fully saturated rings. The van der Waals surface area contributed by atoms with E-state index in [1.165, 1.54) is 0 Å². The van der Waals surface area contributed by atoms with Crippen LogP contribution in [0.1, 0.15) is 24.6 Å². The standard InChI is InChI=1S/C9H12F3N3O/c10-9(11,12)8-7(13)5-14-15(8)6-1-3-16-4-2-6/h5-6H,1-4,13H2. The van der Waals surface area contributed by atoms with E-state index in [9.17, 15) is 13.2 Å². The van der Waals surface area contributed by atoms with E-state index in [0.29, 0.717) is 26.1 Å². The lowest BCUT2D eigenvalue weighted by Crippen LogP contribution is -2.25. The number of anilines is 1. The molecule has 0 spiro atoms. The second kappa shape index (κ2) is 3.97. The second-order valence-corrected chi connectivity index (χ2v) is 3.73. The molecule has 1 aromatic rings. The summed E-state index contributed by atoms with van der Waals surface area (Å²) in [6.07, 6.45) is -2.34. The first-order valence-corrected chi connectivity index (χ1v) is 4.98. The van der Waals surface area contributed by atoms with Crippen molar-refractivity contribution in [3.63, 3.8) is 0 Å². The van der Waals surface area contributed by atoms with Gasteiger partial charge in [-0.05, 0) is 12.8 Å². The molecular weight excluding hydrogens is 223 g/mol. The molecule has 1 aromatic heterocycles. The maximum absolute atomic E-state index is 12.7. The van der Waals surface area contributed by atoms with Crippen molar-refractivity contribution in [2.24, 2.45) is 0 Å². The summed E-state index contributed by atoms with van der Waals surface area (Å²) in [5.41, 5.74) is 4.13. The van der Waals surface area contributed by atoms with Crippen molar-refractivity contribution in [3.05, 3.63) is 11.9 Å². The van der Waals surface area contributed by atoms with Crippen LogP contribution in [0.15, 0.2) is 6.20 Å². The number of nitrogens with zero attached hydrogens (tertiary/aromatic N) is 2. The van der Waals surface area contributed by atoms with E-state index in [1.54, 1.807) is 0 Å². The van der Waals surface area contributed by atoms with Gasteiger partial charge in [0, 0.05) is 13.2 Å². The van der Waals surface area contributed by atoms with Crippen molar-refractivity contribution in [1.82, 2.24) is 9.78 Å². The summed E-state index contributed by atoms with van der Waals surface area (Å²) >= 11 is 0. The Morgan fingerprint density at radius 1 is 1.38 bits per heavy atom. The normalized spacial score (nSPS) is 18.9. The van der Waals surface area contributed by atoms with Gasteiger partial charge in [-0.3, -0.25) is 4.68 Å². The van der Waals surface area contributed by atoms with Crippen molar-refractivity contribution in [1.29, 1.82) is 0 Å². The summed E-state index contributed by atoms with van der Waals surface area (Å²) in [5, 5.41) is 3.72. The third-order valence-electron chi connectivity index (χ3n) is 2.63. The number of rotatable bonds is 1. The largest absolute Gasteiger partial charge is 0.435 e. The SMILES string of the molecule is Nc1cnn(C2CCOCC2)c1C(F)(F)F. The van der Waals surface area contributed by atoms with E-state index in [0.717, 1.165) is 10.9 Å². The van der Waals surface area contributed by atoms with E-state index in [-0.39, 0.29) is 11.7 Å². The topological polar surface area (TPSA) is 53.1 Å². The molecule has 16 heavy (non-hydrogen) atoms. The van der Waals surface area contributed by atoms with Crippen molar-refractivity contribution < 1.29 is 17.9 Å². The van der Waals surface area contributed by atoms with Crippen LogP contribution in [0.5, 0.6) is 0 Å². The number of hydrogen-bond donors (Lipinski definition) is 1. The van der Waals surface area contributed by atoms with Crippen molar-refractivity contribution in [3.8, 4) is 0 Å². The summed E-state index contributed by atoms with van der Waals surface area (Å²) in [6.45, 7) is 0.920. The molecule has 0 radical (unpaired) electrons. The molecule has 2 N–H and O–H groups in total. The molecule has 7 heteroatoms. The summed E-state index contributed by atoms with van der Waals surface area (Å²) in [6, 6.07) is -0.275. The Bertz CT molecular complexity index is 369. The lowest BCUT2D eigenvalue weighted by atomic mass is 10.1. The Kier molecular flexibility index (Phi) is 2.79. The van der Waals surface area contributed by atoms with Crippen molar-refractivity contribution in [2.45, 2.75) is 25.1 Å². The van der Waals surface area contributed by atoms with Gasteiger partial charge in [-0.1, -0.05) is 0 Å². The van der Waals surface area contributed by atoms with Crippen LogP contribution in [0.25, 0.3) is 0 Å². The third kappa shape index (κ3) is 1.99. The minimum Gasteiger partial charge on any atom is -0.396 e. The van der Waals surface area contributed by atoms with Crippen LogP contribution in [0.3, 0.4) is 0 Å². The highest BCUT2D eigenvalue weighted by molar-refractivity contribution is 5.42. The number of ether oxygens (including phenoxy) is 1. The first-order chi connectivity index (χ1) is 7.50. The minimum absolute atomic E-state index is 0.275. The number of alkyl halides is 3. The molecule has 0 bridgehead atoms. The van der Waals surface area contributed by atoms with Crippen LogP contribution in [-0.4, -0.2) is 23.0 Å². The highest BCUT2D eigenvalue weighted by Crippen LogP contribution is 2.36. The maximum Gasteiger partial charge on any atom is 0.435 e. The highest BCUT2D eigenvalue weighted by Gasteiger charge is 2.39. The summed E-state index contributed by atoms with van der Waals surface area (Å²) in [5.74, 6) is 0. The number of hydrogen-bond acceptors (Lipinski definition) is 3. The molecule has 0 aliphatic carbocycles. The van der Waals surface area contributed by atoms with Crippen LogP contribution in [0, 0.1) is 0 Å². The highest BCUT2D eigenvalue weighted by atomic mass is 19.4. The predicted molar refractivity (Wildman–Crippen MR) is 50.7 cm³/mol. The average Bonchev–Trinajstić information content (AvgIpc) is 2.61. The molecule has 1 aliphatic rings. The average molecular weight is 235 g/mol. The Morgan fingerprint density at radius 2 is 2.00 bits per heavy atom. The lowest BCUT2D eigenvalue weighted by Gasteiger charge is -2.24. The van der Waals surface area contributed by atoms with Crippen LogP contribution in [-0.2, 0) is 10.9 Å². The number of aromatic nitrogens is 2. The Morgan fingerprint density at radius 3 is 2.56 bits per heavy atom. The van der Waals surface area contributed by atoms with Gasteiger partial charge in [0.25, 0.3) is 0 Å². The lowest BCUT2D eigenvalue weighted by molar-refractivity contribution is -0.145. The van der Waals surface area contributed by atoms with Gasteiger partial charge in [0.15, 0.2) is 5.69 Å². The van der Waals surface area contributed by atoms with Gasteiger partial charge >= 0.3 is 6.18 Å². The quantitative estimate of drug-likeness (QED) is 0.808. The minimum atomic E-state index is -4.46. The number of halogens is 3. The number of nitrogens with two attached hydrogens (primary N) is 1. The van der Waals surface area contributed by atoms with E-state index in [2.05, 4.69) is 5.10 Å². The Hall–Kier alpha value is -1.24.